The van der Waals surface area contributed by atoms with Crippen LogP contribution in [0.1, 0.15) is 41.9 Å². The van der Waals surface area contributed by atoms with Gasteiger partial charge >= 0.3 is 5.97 Å². The molecule has 0 spiro atoms. The predicted molar refractivity (Wildman–Crippen MR) is 98.6 cm³/mol. The maximum absolute atomic E-state index is 12.2. The van der Waals surface area contributed by atoms with Crippen LogP contribution in [-0.2, 0) is 9.53 Å². The average Bonchev–Trinajstić information content (AvgIpc) is 3.11. The molecule has 3 rings (SSSR count). The van der Waals surface area contributed by atoms with Crippen LogP contribution >= 0.6 is 0 Å². The fourth-order valence-electron chi connectivity index (χ4n) is 2.85. The Bertz CT molecular complexity index is 889. The molecular formula is C20H21N3O3. The van der Waals surface area contributed by atoms with Gasteiger partial charge in [0.25, 0.3) is 5.91 Å². The first kappa shape index (κ1) is 17.7. The number of aromatic amines is 1. The number of carbonyl (C=O) groups excluding carboxylic acids is 2. The van der Waals surface area contributed by atoms with Crippen LogP contribution < -0.4 is 5.32 Å². The number of hydrogen-bond donors (Lipinski definition) is 2. The van der Waals surface area contributed by atoms with Crippen LogP contribution in [0, 0.1) is 0 Å². The van der Waals surface area contributed by atoms with Gasteiger partial charge in [-0.3, -0.25) is 9.89 Å². The number of fused-ring (bicyclic) bond motifs is 1. The summed E-state index contributed by atoms with van der Waals surface area (Å²) in [6.45, 7) is 1.72. The Hall–Kier alpha value is -3.15. The van der Waals surface area contributed by atoms with Crippen molar-refractivity contribution in [1.82, 2.24) is 15.5 Å². The molecule has 0 saturated carbocycles. The summed E-state index contributed by atoms with van der Waals surface area (Å²) in [4.78, 5) is 24.4. The van der Waals surface area contributed by atoms with E-state index in [-0.39, 0.29) is 24.2 Å². The number of rotatable bonds is 7. The monoisotopic (exact) mass is 351 g/mol. The summed E-state index contributed by atoms with van der Waals surface area (Å²) < 4.78 is 5.14. The third-order valence-corrected chi connectivity index (χ3v) is 4.11. The van der Waals surface area contributed by atoms with Gasteiger partial charge in [-0.25, -0.2) is 4.79 Å². The van der Waals surface area contributed by atoms with Crippen LogP contribution in [0.15, 0.2) is 54.6 Å². The number of esters is 1. The number of ether oxygens (including phenoxy) is 1. The van der Waals surface area contributed by atoms with Crippen LogP contribution in [0.5, 0.6) is 0 Å². The fraction of sp³-hybridized carbons (Fsp3) is 0.250. The van der Waals surface area contributed by atoms with Gasteiger partial charge in [0.15, 0.2) is 12.3 Å². The van der Waals surface area contributed by atoms with Gasteiger partial charge in [0.05, 0.1) is 11.6 Å². The Morgan fingerprint density at radius 3 is 2.62 bits per heavy atom. The van der Waals surface area contributed by atoms with Crippen molar-refractivity contribution in [2.24, 2.45) is 0 Å². The number of para-hydroxylation sites is 1. The summed E-state index contributed by atoms with van der Waals surface area (Å²) in [7, 11) is 0. The Morgan fingerprint density at radius 2 is 1.85 bits per heavy atom. The number of nitrogens with one attached hydrogen (secondary N) is 2. The van der Waals surface area contributed by atoms with Crippen molar-refractivity contribution in [3.05, 3.63) is 65.9 Å². The number of nitrogens with zero attached hydrogens (tertiary/aromatic N) is 1. The van der Waals surface area contributed by atoms with E-state index in [9.17, 15) is 9.59 Å². The molecule has 0 unspecified atom stereocenters. The van der Waals surface area contributed by atoms with Crippen molar-refractivity contribution >= 4 is 22.8 Å². The number of H-pyrrole nitrogens is 1. The van der Waals surface area contributed by atoms with E-state index in [2.05, 4.69) is 22.4 Å². The highest BCUT2D eigenvalue weighted by atomic mass is 16.5. The minimum Gasteiger partial charge on any atom is -0.451 e. The molecule has 1 atom stereocenters. The summed E-state index contributed by atoms with van der Waals surface area (Å²) in [6.07, 6.45) is 1.74. The Balaban J connectivity index is 1.60. The van der Waals surface area contributed by atoms with E-state index in [0.29, 0.717) is 5.39 Å². The molecule has 1 amide bonds. The normalized spacial score (nSPS) is 11.9. The summed E-state index contributed by atoms with van der Waals surface area (Å²) in [5.74, 6) is -0.954. The summed E-state index contributed by atoms with van der Waals surface area (Å²) in [5, 5.41) is 10.4. The molecular weight excluding hydrogens is 330 g/mol. The van der Waals surface area contributed by atoms with Crippen molar-refractivity contribution in [1.29, 1.82) is 0 Å². The maximum atomic E-state index is 12.2. The lowest BCUT2D eigenvalue weighted by Gasteiger charge is -2.18. The highest BCUT2D eigenvalue weighted by molar-refractivity contribution is 6.02. The van der Waals surface area contributed by atoms with E-state index >= 15 is 0 Å². The fourth-order valence-corrected chi connectivity index (χ4v) is 2.85. The molecule has 0 fully saturated rings. The Labute approximate surface area is 151 Å². The number of aromatic nitrogens is 2. The van der Waals surface area contributed by atoms with E-state index in [0.717, 1.165) is 23.9 Å². The van der Waals surface area contributed by atoms with Crippen molar-refractivity contribution in [2.45, 2.75) is 25.8 Å². The molecule has 2 aromatic carbocycles. The average molecular weight is 351 g/mol. The van der Waals surface area contributed by atoms with Gasteiger partial charge in [-0.1, -0.05) is 61.9 Å². The molecule has 26 heavy (non-hydrogen) atoms. The smallest absolute Gasteiger partial charge is 0.359 e. The van der Waals surface area contributed by atoms with Gasteiger partial charge in [0.1, 0.15) is 0 Å². The molecule has 6 heteroatoms. The van der Waals surface area contributed by atoms with Gasteiger partial charge in [0, 0.05) is 5.39 Å². The topological polar surface area (TPSA) is 84.1 Å². The first-order chi connectivity index (χ1) is 12.7. The lowest BCUT2D eigenvalue weighted by Crippen LogP contribution is -2.32. The first-order valence-electron chi connectivity index (χ1n) is 8.63. The van der Waals surface area contributed by atoms with Gasteiger partial charge < -0.3 is 10.1 Å². The zero-order valence-electron chi connectivity index (χ0n) is 14.6. The van der Waals surface area contributed by atoms with Gasteiger partial charge in [0.2, 0.25) is 0 Å². The third kappa shape index (κ3) is 4.08. The largest absolute Gasteiger partial charge is 0.451 e. The molecule has 6 nitrogen and oxygen atoms in total. The SMILES string of the molecule is CCC[C@@H](NC(=O)COC(=O)c1n[nH]c2ccccc12)c1ccccc1. The van der Waals surface area contributed by atoms with Gasteiger partial charge in [-0.15, -0.1) is 0 Å². The van der Waals surface area contributed by atoms with E-state index in [4.69, 9.17) is 4.74 Å². The molecule has 0 aliphatic carbocycles. The van der Waals surface area contributed by atoms with Crippen molar-refractivity contribution in [3.63, 3.8) is 0 Å². The van der Waals surface area contributed by atoms with Crippen LogP contribution in [0.25, 0.3) is 10.9 Å². The maximum Gasteiger partial charge on any atom is 0.359 e. The summed E-state index contributed by atoms with van der Waals surface area (Å²) in [5.41, 5.74) is 1.96. The second-order valence-corrected chi connectivity index (χ2v) is 6.01. The van der Waals surface area contributed by atoms with E-state index < -0.39 is 5.97 Å². The lowest BCUT2D eigenvalue weighted by molar-refractivity contribution is -0.125. The van der Waals surface area contributed by atoms with Crippen LogP contribution in [0.3, 0.4) is 0 Å². The molecule has 0 aliphatic heterocycles. The predicted octanol–water partition coefficient (Wildman–Crippen LogP) is 3.38. The number of carbonyl (C=O) groups is 2. The van der Waals surface area contributed by atoms with Gasteiger partial charge in [-0.05, 0) is 18.1 Å². The van der Waals surface area contributed by atoms with Crippen molar-refractivity contribution in [2.75, 3.05) is 6.61 Å². The highest BCUT2D eigenvalue weighted by Gasteiger charge is 2.18. The molecule has 1 heterocycles. The van der Waals surface area contributed by atoms with Crippen LogP contribution in [0.4, 0.5) is 0 Å². The third-order valence-electron chi connectivity index (χ3n) is 4.11. The number of amides is 1. The molecule has 0 saturated heterocycles. The van der Waals surface area contributed by atoms with Crippen LogP contribution in [0.2, 0.25) is 0 Å². The lowest BCUT2D eigenvalue weighted by atomic mass is 10.0. The minimum absolute atomic E-state index is 0.0985. The Morgan fingerprint density at radius 1 is 1.12 bits per heavy atom. The molecule has 0 radical (unpaired) electrons. The quantitative estimate of drug-likeness (QED) is 0.639. The summed E-state index contributed by atoms with van der Waals surface area (Å²) >= 11 is 0. The van der Waals surface area contributed by atoms with Crippen molar-refractivity contribution < 1.29 is 14.3 Å². The Kier molecular flexibility index (Phi) is 5.63. The van der Waals surface area contributed by atoms with Gasteiger partial charge in [-0.2, -0.15) is 5.10 Å². The molecule has 134 valence electrons. The van der Waals surface area contributed by atoms with Crippen LogP contribution in [-0.4, -0.2) is 28.7 Å². The standard InChI is InChI=1S/C20H21N3O3/c1-2-8-16(14-9-4-3-5-10-14)21-18(24)13-26-20(25)19-15-11-6-7-12-17(15)22-23-19/h3-7,9-12,16H,2,8,13H2,1H3,(H,21,24)(H,22,23)/t16-/m1/s1. The first-order valence-corrected chi connectivity index (χ1v) is 8.63. The van der Waals surface area contributed by atoms with E-state index in [1.54, 1.807) is 6.07 Å². The molecule has 0 aliphatic rings. The second kappa shape index (κ2) is 8.29. The highest BCUT2D eigenvalue weighted by Crippen LogP contribution is 2.18. The molecule has 1 aromatic heterocycles. The zero-order chi connectivity index (χ0) is 18.4. The molecule has 0 bridgehead atoms. The van der Waals surface area contributed by atoms with E-state index in [1.807, 2.05) is 48.5 Å². The number of benzene rings is 2. The number of hydrogen-bond acceptors (Lipinski definition) is 4. The molecule has 2 N–H and O–H groups in total. The summed E-state index contributed by atoms with van der Waals surface area (Å²) in [6, 6.07) is 16.9. The minimum atomic E-state index is -0.621. The van der Waals surface area contributed by atoms with Crippen molar-refractivity contribution in [3.8, 4) is 0 Å². The van der Waals surface area contributed by atoms with E-state index in [1.165, 1.54) is 0 Å². The zero-order valence-corrected chi connectivity index (χ0v) is 14.6. The second-order valence-electron chi connectivity index (χ2n) is 6.01. The molecule has 3 aromatic rings.